The van der Waals surface area contributed by atoms with Crippen molar-refractivity contribution in [2.45, 2.75) is 11.4 Å². The first-order chi connectivity index (χ1) is 15.2. The van der Waals surface area contributed by atoms with Crippen molar-refractivity contribution in [3.05, 3.63) is 88.9 Å². The quantitative estimate of drug-likeness (QED) is 0.340. The molecule has 0 atom stereocenters. The first kappa shape index (κ1) is 23.3. The van der Waals surface area contributed by atoms with Crippen molar-refractivity contribution < 1.29 is 27.9 Å². The van der Waals surface area contributed by atoms with Crippen LogP contribution in [0.15, 0.2) is 77.7 Å². The monoisotopic (exact) mass is 474 g/mol. The number of amides is 1. The molecule has 3 rings (SSSR count). The number of ether oxygens (including phenoxy) is 1. The van der Waals surface area contributed by atoms with Crippen molar-refractivity contribution in [3.63, 3.8) is 0 Å². The third-order valence-corrected chi connectivity index (χ3v) is 6.13. The molecule has 0 saturated carbocycles. The Balaban J connectivity index is 1.64. The van der Waals surface area contributed by atoms with Crippen LogP contribution in [0, 0.1) is 0 Å². The largest absolute Gasteiger partial charge is 0.508 e. The number of carbonyl (C=O) groups is 2. The van der Waals surface area contributed by atoms with Gasteiger partial charge in [0.1, 0.15) is 10.6 Å². The SMILES string of the molecule is O=C(COC(=O)c1ccc(Cl)c(S(=O)(=O)NCc2ccccc2)c1)Nc1ccc(O)cc1. The van der Waals surface area contributed by atoms with E-state index in [1.807, 2.05) is 6.07 Å². The Morgan fingerprint density at radius 1 is 0.969 bits per heavy atom. The third-order valence-electron chi connectivity index (χ3n) is 4.25. The van der Waals surface area contributed by atoms with E-state index in [0.717, 1.165) is 11.6 Å². The summed E-state index contributed by atoms with van der Waals surface area (Å²) in [4.78, 5) is 24.0. The Hall–Kier alpha value is -3.40. The molecule has 0 aliphatic heterocycles. The smallest absolute Gasteiger partial charge is 0.338 e. The fraction of sp³-hybridized carbons (Fsp3) is 0.0909. The second kappa shape index (κ2) is 10.3. The van der Waals surface area contributed by atoms with Crippen molar-refractivity contribution in [2.24, 2.45) is 0 Å². The maximum absolute atomic E-state index is 12.7. The molecule has 3 aromatic rings. The van der Waals surface area contributed by atoms with Gasteiger partial charge >= 0.3 is 5.97 Å². The number of benzene rings is 3. The van der Waals surface area contributed by atoms with E-state index in [0.29, 0.717) is 5.69 Å². The number of phenolic OH excluding ortho intramolecular Hbond substituents is 1. The zero-order valence-electron chi connectivity index (χ0n) is 16.6. The molecular formula is C22H19ClN2O6S. The Morgan fingerprint density at radius 2 is 1.66 bits per heavy atom. The lowest BCUT2D eigenvalue weighted by Crippen LogP contribution is -2.24. The Morgan fingerprint density at radius 3 is 2.34 bits per heavy atom. The van der Waals surface area contributed by atoms with Crippen LogP contribution in [0.25, 0.3) is 0 Å². The number of hydrogen-bond acceptors (Lipinski definition) is 6. The molecule has 0 aliphatic rings. The highest BCUT2D eigenvalue weighted by molar-refractivity contribution is 7.89. The van der Waals surface area contributed by atoms with Gasteiger partial charge in [-0.2, -0.15) is 0 Å². The second-order valence-electron chi connectivity index (χ2n) is 6.63. The van der Waals surface area contributed by atoms with E-state index in [1.54, 1.807) is 24.3 Å². The normalized spacial score (nSPS) is 11.0. The zero-order valence-corrected chi connectivity index (χ0v) is 18.2. The number of phenols is 1. The topological polar surface area (TPSA) is 122 Å². The van der Waals surface area contributed by atoms with Crippen LogP contribution in [0.5, 0.6) is 5.75 Å². The molecule has 0 aromatic heterocycles. The summed E-state index contributed by atoms with van der Waals surface area (Å²) < 4.78 is 32.7. The van der Waals surface area contributed by atoms with Crippen molar-refractivity contribution in [1.29, 1.82) is 0 Å². The first-order valence-corrected chi connectivity index (χ1v) is 11.2. The van der Waals surface area contributed by atoms with Gasteiger partial charge in [0.15, 0.2) is 6.61 Å². The molecule has 8 nitrogen and oxygen atoms in total. The molecule has 0 aliphatic carbocycles. The highest BCUT2D eigenvalue weighted by Gasteiger charge is 2.21. The van der Waals surface area contributed by atoms with E-state index in [-0.39, 0.29) is 27.8 Å². The fourth-order valence-corrected chi connectivity index (χ4v) is 4.19. The summed E-state index contributed by atoms with van der Waals surface area (Å²) in [6.45, 7) is -0.539. The summed E-state index contributed by atoms with van der Waals surface area (Å²) in [6, 6.07) is 18.3. The first-order valence-electron chi connectivity index (χ1n) is 9.34. The lowest BCUT2D eigenvalue weighted by molar-refractivity contribution is -0.119. The number of esters is 1. The van der Waals surface area contributed by atoms with E-state index in [4.69, 9.17) is 16.3 Å². The Labute approximate surface area is 189 Å². The van der Waals surface area contributed by atoms with Gasteiger partial charge in [-0.3, -0.25) is 4.79 Å². The number of halogens is 1. The maximum Gasteiger partial charge on any atom is 0.338 e. The molecule has 32 heavy (non-hydrogen) atoms. The lowest BCUT2D eigenvalue weighted by Gasteiger charge is -2.11. The van der Waals surface area contributed by atoms with Gasteiger partial charge in [0, 0.05) is 12.2 Å². The van der Waals surface area contributed by atoms with E-state index < -0.39 is 28.5 Å². The number of aromatic hydroxyl groups is 1. The minimum absolute atomic E-state index is 0.0428. The zero-order chi connectivity index (χ0) is 23.1. The molecule has 0 bridgehead atoms. The van der Waals surface area contributed by atoms with Gasteiger partial charge in [0.25, 0.3) is 5.91 Å². The van der Waals surface area contributed by atoms with Gasteiger partial charge in [-0.05, 0) is 48.0 Å². The van der Waals surface area contributed by atoms with E-state index in [2.05, 4.69) is 10.0 Å². The Bertz CT molecular complexity index is 1210. The predicted molar refractivity (Wildman–Crippen MR) is 119 cm³/mol. The molecule has 0 radical (unpaired) electrons. The number of sulfonamides is 1. The number of carbonyl (C=O) groups excluding carboxylic acids is 2. The van der Waals surface area contributed by atoms with Crippen molar-refractivity contribution in [1.82, 2.24) is 4.72 Å². The van der Waals surface area contributed by atoms with Crippen LogP contribution in [0.4, 0.5) is 5.69 Å². The summed E-state index contributed by atoms with van der Waals surface area (Å²) in [5, 5.41) is 11.7. The minimum Gasteiger partial charge on any atom is -0.508 e. The molecular weight excluding hydrogens is 456 g/mol. The van der Waals surface area contributed by atoms with Gasteiger partial charge in [0.2, 0.25) is 10.0 Å². The van der Waals surface area contributed by atoms with Crippen LogP contribution in [0.2, 0.25) is 5.02 Å². The molecule has 0 unspecified atom stereocenters. The number of rotatable bonds is 8. The molecule has 0 heterocycles. The van der Waals surface area contributed by atoms with E-state index in [9.17, 15) is 23.1 Å². The number of nitrogens with one attached hydrogen (secondary N) is 2. The van der Waals surface area contributed by atoms with Gasteiger partial charge in [-0.1, -0.05) is 41.9 Å². The third kappa shape index (κ3) is 6.30. The highest BCUT2D eigenvalue weighted by Crippen LogP contribution is 2.23. The molecule has 0 fully saturated rings. The van der Waals surface area contributed by atoms with E-state index >= 15 is 0 Å². The average Bonchev–Trinajstić information content (AvgIpc) is 2.78. The van der Waals surface area contributed by atoms with Gasteiger partial charge in [-0.25, -0.2) is 17.9 Å². The minimum atomic E-state index is -4.01. The summed E-state index contributed by atoms with van der Waals surface area (Å²) in [5.41, 5.74) is 1.09. The molecule has 0 saturated heterocycles. The van der Waals surface area contributed by atoms with Crippen molar-refractivity contribution in [3.8, 4) is 5.75 Å². The standard InChI is InChI=1S/C22H19ClN2O6S/c23-19-11-6-16(12-20(19)32(29,30)24-13-15-4-2-1-3-5-15)22(28)31-14-21(27)25-17-7-9-18(26)10-8-17/h1-12,24,26H,13-14H2,(H,25,27). The fourth-order valence-electron chi connectivity index (χ4n) is 2.64. The summed E-state index contributed by atoms with van der Waals surface area (Å²) in [6.07, 6.45) is 0. The van der Waals surface area contributed by atoms with Gasteiger partial charge in [0.05, 0.1) is 10.6 Å². The maximum atomic E-state index is 12.7. The van der Waals surface area contributed by atoms with Crippen LogP contribution in [-0.4, -0.2) is 32.0 Å². The Kier molecular flexibility index (Phi) is 7.47. The van der Waals surface area contributed by atoms with Crippen molar-refractivity contribution in [2.75, 3.05) is 11.9 Å². The van der Waals surface area contributed by atoms with Gasteiger partial charge in [-0.15, -0.1) is 0 Å². The van der Waals surface area contributed by atoms with E-state index in [1.165, 1.54) is 36.4 Å². The van der Waals surface area contributed by atoms with Crippen LogP contribution >= 0.6 is 11.6 Å². The van der Waals surface area contributed by atoms with Crippen LogP contribution in [0.1, 0.15) is 15.9 Å². The summed E-state index contributed by atoms with van der Waals surface area (Å²) >= 11 is 6.04. The molecule has 166 valence electrons. The lowest BCUT2D eigenvalue weighted by atomic mass is 10.2. The van der Waals surface area contributed by atoms with Crippen LogP contribution in [-0.2, 0) is 26.1 Å². The number of hydrogen-bond donors (Lipinski definition) is 3. The number of anilines is 1. The molecule has 3 N–H and O–H groups in total. The summed E-state index contributed by atoms with van der Waals surface area (Å²) in [7, 11) is -4.01. The summed E-state index contributed by atoms with van der Waals surface area (Å²) in [5.74, 6) is -1.45. The predicted octanol–water partition coefficient (Wildman–Crippen LogP) is 3.32. The molecule has 3 aromatic carbocycles. The molecule has 10 heteroatoms. The second-order valence-corrected chi connectivity index (χ2v) is 8.77. The van der Waals surface area contributed by atoms with Crippen molar-refractivity contribution >= 4 is 39.2 Å². The van der Waals surface area contributed by atoms with Gasteiger partial charge < -0.3 is 15.2 Å². The molecule has 1 amide bonds. The van der Waals surface area contributed by atoms with Crippen LogP contribution < -0.4 is 10.0 Å². The van der Waals surface area contributed by atoms with Crippen LogP contribution in [0.3, 0.4) is 0 Å². The molecule has 0 spiro atoms. The highest BCUT2D eigenvalue weighted by atomic mass is 35.5. The average molecular weight is 475 g/mol.